The van der Waals surface area contributed by atoms with Gasteiger partial charge in [0.05, 0.1) is 21.2 Å². The van der Waals surface area contributed by atoms with E-state index in [4.69, 9.17) is 0 Å². The zero-order chi connectivity index (χ0) is 29.6. The molecule has 0 saturated heterocycles. The van der Waals surface area contributed by atoms with E-state index < -0.39 is 77.5 Å². The van der Waals surface area contributed by atoms with Gasteiger partial charge >= 0.3 is 24.2 Å². The molecule has 4 rings (SSSR count). The Morgan fingerprint density at radius 1 is 0.625 bits per heavy atom. The molecule has 0 unspecified atom stereocenters. The van der Waals surface area contributed by atoms with Crippen LogP contribution in [-0.2, 0) is 12.4 Å². The Balaban J connectivity index is 1.78. The van der Waals surface area contributed by atoms with Gasteiger partial charge in [-0.1, -0.05) is 0 Å². The molecule has 0 aliphatic carbocycles. The predicted octanol–water partition coefficient (Wildman–Crippen LogP) is 5.25. The smallest absolute Gasteiger partial charge is 0.261 e. The molecule has 18 heteroatoms. The van der Waals surface area contributed by atoms with Crippen LogP contribution in [0.4, 0.5) is 37.7 Å². The molecule has 2 heterocycles. The van der Waals surface area contributed by atoms with Gasteiger partial charge in [0.2, 0.25) is 0 Å². The lowest BCUT2D eigenvalue weighted by Gasteiger charge is -2.10. The molecule has 4 aromatic rings. The molecule has 206 valence electrons. The minimum Gasteiger partial charge on any atom is -0.261 e. The molecule has 0 N–H and O–H groups in total. The highest BCUT2D eigenvalue weighted by Crippen LogP contribution is 2.35. The Morgan fingerprint density at radius 2 is 0.925 bits per heavy atom. The minimum absolute atomic E-state index is 0.134. The zero-order valence-corrected chi connectivity index (χ0v) is 19.2. The van der Waals surface area contributed by atoms with E-state index in [1.807, 2.05) is 0 Å². The Labute approximate surface area is 216 Å². The van der Waals surface area contributed by atoms with E-state index >= 15 is 0 Å². The van der Waals surface area contributed by atoms with Gasteiger partial charge in [-0.05, 0) is 36.4 Å². The van der Waals surface area contributed by atoms with Gasteiger partial charge in [0.1, 0.15) is 0 Å². The van der Waals surface area contributed by atoms with Crippen molar-refractivity contribution >= 4 is 23.2 Å². The quantitative estimate of drug-likeness (QED) is 0.140. The third-order valence-corrected chi connectivity index (χ3v) is 5.32. The maximum atomic E-state index is 13.7. The van der Waals surface area contributed by atoms with Gasteiger partial charge in [0.15, 0.2) is 11.4 Å². The van der Waals surface area contributed by atoms with Crippen molar-refractivity contribution in [2.45, 2.75) is 12.4 Å². The molecule has 2 aromatic heterocycles. The van der Waals surface area contributed by atoms with Crippen molar-refractivity contribution in [1.29, 1.82) is 0 Å². The first-order valence-corrected chi connectivity index (χ1v) is 10.5. The normalized spacial score (nSPS) is 11.8. The molecule has 40 heavy (non-hydrogen) atoms. The number of nitro benzene ring substituents is 2. The van der Waals surface area contributed by atoms with Crippen LogP contribution in [-0.4, -0.2) is 41.2 Å². The van der Waals surface area contributed by atoms with Crippen molar-refractivity contribution in [1.82, 2.24) is 19.6 Å². The molecule has 0 aliphatic heterocycles. The average molecular weight is 568 g/mol. The second kappa shape index (κ2) is 9.71. The highest BCUT2D eigenvalue weighted by molar-refractivity contribution is 6.36. The molecule has 0 bridgehead atoms. The van der Waals surface area contributed by atoms with Crippen molar-refractivity contribution in [2.24, 2.45) is 0 Å². The second-order valence-corrected chi connectivity index (χ2v) is 7.87. The van der Waals surface area contributed by atoms with Gasteiger partial charge in [-0.25, -0.2) is 0 Å². The molecule has 0 spiro atoms. The first-order chi connectivity index (χ1) is 18.6. The number of carbonyl (C=O) groups excluding carboxylic acids is 2. The molecule has 0 atom stereocenters. The summed E-state index contributed by atoms with van der Waals surface area (Å²) < 4.78 is 81.3. The molecular formula is C22H10F6N6O6. The summed E-state index contributed by atoms with van der Waals surface area (Å²) in [5.41, 5.74) is -5.83. The van der Waals surface area contributed by atoms with Gasteiger partial charge < -0.3 is 0 Å². The van der Waals surface area contributed by atoms with E-state index in [1.165, 1.54) is 0 Å². The van der Waals surface area contributed by atoms with Crippen LogP contribution in [0, 0.1) is 20.2 Å². The van der Waals surface area contributed by atoms with Crippen LogP contribution in [0.1, 0.15) is 21.0 Å². The monoisotopic (exact) mass is 568 g/mol. The molecule has 0 fully saturated rings. The summed E-state index contributed by atoms with van der Waals surface area (Å²) >= 11 is 0. The summed E-state index contributed by atoms with van der Waals surface area (Å²) in [5, 5.41) is 28.5. The molecule has 0 saturated carbocycles. The fourth-order valence-corrected chi connectivity index (χ4v) is 3.45. The molecule has 0 amide bonds. The van der Waals surface area contributed by atoms with Crippen molar-refractivity contribution < 1.29 is 45.8 Å². The maximum Gasteiger partial charge on any atom is 0.433 e. The van der Waals surface area contributed by atoms with Gasteiger partial charge in [0, 0.05) is 35.4 Å². The molecule has 0 aliphatic rings. The number of nitro groups is 2. The van der Waals surface area contributed by atoms with Crippen molar-refractivity contribution in [3.05, 3.63) is 92.3 Å². The van der Waals surface area contributed by atoms with Crippen LogP contribution >= 0.6 is 0 Å². The summed E-state index contributed by atoms with van der Waals surface area (Å²) in [6, 6.07) is 8.49. The third kappa shape index (κ3) is 5.26. The highest BCUT2D eigenvalue weighted by Gasteiger charge is 2.42. The number of halogens is 6. The number of hydrogen-bond acceptors (Lipinski definition) is 8. The van der Waals surface area contributed by atoms with E-state index in [0.29, 0.717) is 12.1 Å². The van der Waals surface area contributed by atoms with Crippen molar-refractivity contribution in [2.75, 3.05) is 0 Å². The fourth-order valence-electron chi connectivity index (χ4n) is 3.45. The Morgan fingerprint density at radius 3 is 1.18 bits per heavy atom. The molecule has 0 radical (unpaired) electrons. The fraction of sp³-hybridized carbons (Fsp3) is 0.0909. The Kier molecular flexibility index (Phi) is 6.70. The van der Waals surface area contributed by atoms with E-state index in [2.05, 4.69) is 10.2 Å². The number of alkyl halides is 6. The van der Waals surface area contributed by atoms with Crippen LogP contribution in [0.25, 0.3) is 22.5 Å². The number of hydrogen-bond donors (Lipinski definition) is 0. The molecular weight excluding hydrogens is 558 g/mol. The van der Waals surface area contributed by atoms with E-state index in [-0.39, 0.29) is 11.1 Å². The lowest BCUT2D eigenvalue weighted by molar-refractivity contribution is -0.385. The van der Waals surface area contributed by atoms with Gasteiger partial charge in [-0.2, -0.15) is 45.9 Å². The van der Waals surface area contributed by atoms with E-state index in [1.54, 1.807) is 0 Å². The van der Waals surface area contributed by atoms with Crippen LogP contribution in [0.15, 0.2) is 60.7 Å². The van der Waals surface area contributed by atoms with Crippen LogP contribution in [0.3, 0.4) is 0 Å². The number of benzene rings is 2. The second-order valence-electron chi connectivity index (χ2n) is 7.87. The summed E-state index contributed by atoms with van der Waals surface area (Å²) in [5.74, 6) is -4.30. The van der Waals surface area contributed by atoms with Gasteiger partial charge in [-0.15, -0.1) is 0 Å². The third-order valence-electron chi connectivity index (χ3n) is 5.32. The molecule has 2 aromatic carbocycles. The standard InChI is InChI=1S/C22H10F6N6O6/c23-21(24,25)17-9-15(11-1-5-13(6-2-11)33(37)38)29-31(17)19(35)20(36)32-18(22(26,27)28)10-16(30-32)12-3-7-14(8-4-12)34(39)40/h1-10H. The van der Waals surface area contributed by atoms with Crippen molar-refractivity contribution in [3.63, 3.8) is 0 Å². The summed E-state index contributed by atoms with van der Waals surface area (Å²) in [6.07, 6.45) is -10.6. The number of nitrogens with zero attached hydrogens (tertiary/aromatic N) is 6. The highest BCUT2D eigenvalue weighted by atomic mass is 19.4. The lowest BCUT2D eigenvalue weighted by Crippen LogP contribution is -2.34. The number of aromatic nitrogens is 4. The maximum absolute atomic E-state index is 13.7. The van der Waals surface area contributed by atoms with Crippen LogP contribution < -0.4 is 0 Å². The number of carbonyl (C=O) groups is 2. The van der Waals surface area contributed by atoms with Gasteiger partial charge in [-0.3, -0.25) is 29.8 Å². The SMILES string of the molecule is O=C(C(=O)n1nc(-c2ccc([N+](=O)[O-])cc2)cc1C(F)(F)F)n1nc(-c2ccc([N+](=O)[O-])cc2)cc1C(F)(F)F. The number of rotatable bonds is 4. The molecule has 12 nitrogen and oxygen atoms in total. The Bertz CT molecular complexity index is 1530. The first kappa shape index (κ1) is 27.6. The summed E-state index contributed by atoms with van der Waals surface area (Å²) in [6.45, 7) is 0. The minimum atomic E-state index is -5.30. The average Bonchev–Trinajstić information content (AvgIpc) is 3.54. The van der Waals surface area contributed by atoms with E-state index in [9.17, 15) is 56.2 Å². The largest absolute Gasteiger partial charge is 0.433 e. The van der Waals surface area contributed by atoms with Gasteiger partial charge in [0.25, 0.3) is 11.4 Å². The summed E-state index contributed by atoms with van der Waals surface area (Å²) in [4.78, 5) is 45.7. The number of non-ortho nitro benzene ring substituents is 2. The lowest BCUT2D eigenvalue weighted by atomic mass is 10.1. The van der Waals surface area contributed by atoms with Crippen molar-refractivity contribution in [3.8, 4) is 22.5 Å². The Hall–Kier alpha value is -5.42. The topological polar surface area (TPSA) is 156 Å². The van der Waals surface area contributed by atoms with Crippen LogP contribution in [0.2, 0.25) is 0 Å². The zero-order valence-electron chi connectivity index (χ0n) is 19.2. The predicted molar refractivity (Wildman–Crippen MR) is 120 cm³/mol. The summed E-state index contributed by atoms with van der Waals surface area (Å²) in [7, 11) is 0. The van der Waals surface area contributed by atoms with Crippen LogP contribution in [0.5, 0.6) is 0 Å². The van der Waals surface area contributed by atoms with E-state index in [0.717, 1.165) is 48.5 Å². The first-order valence-electron chi connectivity index (χ1n) is 10.5.